The summed E-state index contributed by atoms with van der Waals surface area (Å²) in [5.74, 6) is -0.212. The van der Waals surface area contributed by atoms with Crippen LogP contribution in [-0.2, 0) is 11.3 Å². The number of hydrogen-bond donors (Lipinski definition) is 1. The molecule has 2 rings (SSSR count). The molecule has 0 saturated heterocycles. The number of halogens is 3. The minimum atomic E-state index is -0.212. The van der Waals surface area contributed by atoms with Gasteiger partial charge in [0.15, 0.2) is 12.4 Å². The molecule has 1 N–H and O–H groups in total. The van der Waals surface area contributed by atoms with Crippen molar-refractivity contribution in [3.05, 3.63) is 64.4 Å². The van der Waals surface area contributed by atoms with Crippen LogP contribution in [0, 0.1) is 0 Å². The van der Waals surface area contributed by atoms with Crippen molar-refractivity contribution in [3.8, 4) is 0 Å². The zero-order valence-corrected chi connectivity index (χ0v) is 14.0. The molecule has 1 heterocycles. The third-order valence-electron chi connectivity index (χ3n) is 2.77. The quantitative estimate of drug-likeness (QED) is 0.460. The van der Waals surface area contributed by atoms with Crippen LogP contribution in [0.15, 0.2) is 53.9 Å². The van der Waals surface area contributed by atoms with Gasteiger partial charge in [0.1, 0.15) is 0 Å². The zero-order valence-electron chi connectivity index (χ0n) is 11.8. The maximum atomic E-state index is 11.8. The molecule has 22 heavy (non-hydrogen) atoms. The molecular weight excluding hydrogens is 345 g/mol. The first kappa shape index (κ1) is 18.4. The van der Waals surface area contributed by atoms with E-state index in [-0.39, 0.29) is 24.9 Å². The average molecular weight is 359 g/mol. The van der Waals surface area contributed by atoms with Gasteiger partial charge in [0, 0.05) is 22.7 Å². The molecule has 0 aliphatic rings. The topological polar surface area (TPSA) is 45.3 Å². The summed E-state index contributed by atoms with van der Waals surface area (Å²) >= 11 is 11.9. The molecule has 1 aromatic carbocycles. The number of amides is 1. The number of nitrogens with one attached hydrogen (secondary N) is 1. The lowest BCUT2D eigenvalue weighted by molar-refractivity contribution is -0.684. The molecule has 116 valence electrons. The van der Waals surface area contributed by atoms with Crippen molar-refractivity contribution in [2.24, 2.45) is 5.10 Å². The van der Waals surface area contributed by atoms with E-state index in [4.69, 9.17) is 23.2 Å². The largest absolute Gasteiger partial charge is 1.00 e. The van der Waals surface area contributed by atoms with Gasteiger partial charge < -0.3 is 12.4 Å². The maximum Gasteiger partial charge on any atom is 0.305 e. The standard InChI is InChI=1S/C15H13Cl2N3O.ClH/c1-11(13-6-5-12(16)9-14(13)17)18-19-15(21)10-20-7-3-2-4-8-20;/h2-9H,10H2,1H3;1H/b18-11+;. The average Bonchev–Trinajstić information content (AvgIpc) is 2.46. The number of hydrazone groups is 1. The number of carbonyl (C=O) groups is 1. The molecule has 0 fully saturated rings. The van der Waals surface area contributed by atoms with Gasteiger partial charge in [-0.1, -0.05) is 35.3 Å². The Morgan fingerprint density at radius 1 is 1.23 bits per heavy atom. The summed E-state index contributed by atoms with van der Waals surface area (Å²) in [4.78, 5) is 11.8. The second-order valence-electron chi connectivity index (χ2n) is 4.40. The van der Waals surface area contributed by atoms with E-state index < -0.39 is 0 Å². The van der Waals surface area contributed by atoms with Gasteiger partial charge in [-0.15, -0.1) is 0 Å². The Morgan fingerprint density at radius 3 is 2.55 bits per heavy atom. The molecule has 2 aromatic rings. The molecule has 0 aliphatic heterocycles. The number of benzene rings is 1. The van der Waals surface area contributed by atoms with E-state index in [0.717, 1.165) is 5.56 Å². The van der Waals surface area contributed by atoms with E-state index in [1.165, 1.54) is 0 Å². The van der Waals surface area contributed by atoms with E-state index in [0.29, 0.717) is 15.8 Å². The highest BCUT2D eigenvalue weighted by molar-refractivity contribution is 6.37. The Labute approximate surface area is 145 Å². The first-order valence-corrected chi connectivity index (χ1v) is 7.04. The molecule has 7 heteroatoms. The zero-order chi connectivity index (χ0) is 15.2. The Balaban J connectivity index is 0.00000242. The summed E-state index contributed by atoms with van der Waals surface area (Å²) in [6, 6.07) is 10.7. The highest BCUT2D eigenvalue weighted by atomic mass is 35.5. The number of rotatable bonds is 4. The molecule has 0 spiro atoms. The van der Waals surface area contributed by atoms with Gasteiger partial charge in [0.25, 0.3) is 0 Å². The van der Waals surface area contributed by atoms with Crippen LogP contribution in [0.1, 0.15) is 12.5 Å². The molecular formula is C15H14Cl3N3O. The number of aromatic nitrogens is 1. The minimum Gasteiger partial charge on any atom is -1.00 e. The Bertz CT molecular complexity index is 675. The third-order valence-corrected chi connectivity index (χ3v) is 3.32. The summed E-state index contributed by atoms with van der Waals surface area (Å²) in [6.07, 6.45) is 3.62. The van der Waals surface area contributed by atoms with Gasteiger partial charge in [0.2, 0.25) is 6.54 Å². The smallest absolute Gasteiger partial charge is 0.305 e. The molecule has 1 amide bonds. The number of carbonyl (C=O) groups excluding carboxylic acids is 1. The number of nitrogens with zero attached hydrogens (tertiary/aromatic N) is 2. The summed E-state index contributed by atoms with van der Waals surface area (Å²) in [7, 11) is 0. The molecule has 0 bridgehead atoms. The molecule has 0 saturated carbocycles. The van der Waals surface area contributed by atoms with E-state index >= 15 is 0 Å². The van der Waals surface area contributed by atoms with Crippen molar-refractivity contribution >= 4 is 34.8 Å². The Kier molecular flexibility index (Phi) is 7.32. The highest BCUT2D eigenvalue weighted by Gasteiger charge is 2.09. The monoisotopic (exact) mass is 357 g/mol. The Hall–Kier alpha value is -1.62. The summed E-state index contributed by atoms with van der Waals surface area (Å²) in [5.41, 5.74) is 3.85. The van der Waals surface area contributed by atoms with Gasteiger partial charge in [-0.2, -0.15) is 9.67 Å². The number of pyridine rings is 1. The van der Waals surface area contributed by atoms with E-state index in [9.17, 15) is 4.79 Å². The summed E-state index contributed by atoms with van der Waals surface area (Å²) < 4.78 is 1.76. The van der Waals surface area contributed by atoms with Crippen LogP contribution < -0.4 is 22.4 Å². The lowest BCUT2D eigenvalue weighted by atomic mass is 10.1. The van der Waals surface area contributed by atoms with Crippen LogP contribution in [0.3, 0.4) is 0 Å². The lowest BCUT2D eigenvalue weighted by Gasteiger charge is -2.04. The molecule has 0 aliphatic carbocycles. The lowest BCUT2D eigenvalue weighted by Crippen LogP contribution is -3.00. The molecule has 0 radical (unpaired) electrons. The second kappa shape index (κ2) is 8.73. The maximum absolute atomic E-state index is 11.8. The molecule has 0 atom stereocenters. The van der Waals surface area contributed by atoms with Gasteiger partial charge >= 0.3 is 5.91 Å². The van der Waals surface area contributed by atoms with Gasteiger partial charge in [-0.3, -0.25) is 4.79 Å². The van der Waals surface area contributed by atoms with E-state index in [1.807, 2.05) is 30.6 Å². The fourth-order valence-corrected chi connectivity index (χ4v) is 2.28. The van der Waals surface area contributed by atoms with Crippen LogP contribution >= 0.6 is 23.2 Å². The minimum absolute atomic E-state index is 0. The van der Waals surface area contributed by atoms with Crippen LogP contribution in [0.5, 0.6) is 0 Å². The predicted molar refractivity (Wildman–Crippen MR) is 83.5 cm³/mol. The fourth-order valence-electron chi connectivity index (χ4n) is 1.73. The highest BCUT2D eigenvalue weighted by Crippen LogP contribution is 2.21. The SMILES string of the molecule is C/C(=N\NC(=O)C[n+]1ccccc1)c1ccc(Cl)cc1Cl.[Cl-]. The van der Waals surface area contributed by atoms with Crippen molar-refractivity contribution in [1.29, 1.82) is 0 Å². The summed E-state index contributed by atoms with van der Waals surface area (Å²) in [6.45, 7) is 1.97. The molecule has 1 aromatic heterocycles. The third kappa shape index (κ3) is 5.30. The van der Waals surface area contributed by atoms with Gasteiger partial charge in [0.05, 0.1) is 10.7 Å². The van der Waals surface area contributed by atoms with Gasteiger partial charge in [-0.25, -0.2) is 5.43 Å². The van der Waals surface area contributed by atoms with Gasteiger partial charge in [-0.05, 0) is 19.1 Å². The Morgan fingerprint density at radius 2 is 1.91 bits per heavy atom. The fraction of sp³-hybridized carbons (Fsp3) is 0.133. The van der Waals surface area contributed by atoms with Crippen molar-refractivity contribution in [1.82, 2.24) is 5.43 Å². The van der Waals surface area contributed by atoms with Crippen LogP contribution in [0.4, 0.5) is 0 Å². The van der Waals surface area contributed by atoms with Crippen LogP contribution in [-0.4, -0.2) is 11.6 Å². The van der Waals surface area contributed by atoms with Crippen molar-refractivity contribution < 1.29 is 21.8 Å². The van der Waals surface area contributed by atoms with Crippen LogP contribution in [0.2, 0.25) is 10.0 Å². The van der Waals surface area contributed by atoms with Crippen molar-refractivity contribution in [2.45, 2.75) is 13.5 Å². The molecule has 0 unspecified atom stereocenters. The number of hydrogen-bond acceptors (Lipinski definition) is 2. The van der Waals surface area contributed by atoms with E-state index in [2.05, 4.69) is 10.5 Å². The second-order valence-corrected chi connectivity index (χ2v) is 5.25. The first-order valence-electron chi connectivity index (χ1n) is 6.29. The van der Waals surface area contributed by atoms with E-state index in [1.54, 1.807) is 29.7 Å². The van der Waals surface area contributed by atoms with Crippen molar-refractivity contribution in [3.63, 3.8) is 0 Å². The van der Waals surface area contributed by atoms with Crippen molar-refractivity contribution in [2.75, 3.05) is 0 Å². The van der Waals surface area contributed by atoms with Crippen LogP contribution in [0.25, 0.3) is 0 Å². The normalized spacial score (nSPS) is 10.8. The predicted octanol–water partition coefficient (Wildman–Crippen LogP) is -0.175. The first-order chi connectivity index (χ1) is 10.1. The molecule has 4 nitrogen and oxygen atoms in total. The summed E-state index contributed by atoms with van der Waals surface area (Å²) in [5, 5.41) is 5.11.